The van der Waals surface area contributed by atoms with Crippen LogP contribution in [0.5, 0.6) is 0 Å². The predicted octanol–water partition coefficient (Wildman–Crippen LogP) is -0.941. The molecule has 1 aliphatic heterocycles. The summed E-state index contributed by atoms with van der Waals surface area (Å²) in [5, 5.41) is 18.7. The van der Waals surface area contributed by atoms with Gasteiger partial charge in [0.1, 0.15) is 12.4 Å². The number of carbonyl (C=O) groups is 1. The molecular formula is C12H14FNO7S2. The predicted molar refractivity (Wildman–Crippen MR) is 76.4 cm³/mol. The number of aliphatic hydroxyl groups excluding tert-OH is 1. The highest BCUT2D eigenvalue weighted by molar-refractivity contribution is 7.92. The van der Waals surface area contributed by atoms with E-state index in [2.05, 4.69) is 0 Å². The molecule has 1 fully saturated rings. The molecule has 1 aromatic rings. The molecular weight excluding hydrogens is 353 g/mol. The van der Waals surface area contributed by atoms with Crippen LogP contribution in [0.25, 0.3) is 0 Å². The van der Waals surface area contributed by atoms with Gasteiger partial charge in [-0.1, -0.05) is 0 Å². The summed E-state index contributed by atoms with van der Waals surface area (Å²) in [7, 11) is -8.10. The van der Waals surface area contributed by atoms with Gasteiger partial charge < -0.3 is 10.2 Å². The molecule has 0 bridgehead atoms. The normalized spacial score (nSPS) is 24.0. The molecule has 1 heterocycles. The molecule has 0 unspecified atom stereocenters. The number of sulfonamides is 1. The lowest BCUT2D eigenvalue weighted by Crippen LogP contribution is -2.48. The highest BCUT2D eigenvalue weighted by atomic mass is 32.2. The second kappa shape index (κ2) is 6.15. The average Bonchev–Trinajstić information content (AvgIpc) is 2.69. The molecule has 1 saturated heterocycles. The van der Waals surface area contributed by atoms with E-state index >= 15 is 0 Å². The Morgan fingerprint density at radius 3 is 2.26 bits per heavy atom. The van der Waals surface area contributed by atoms with Crippen LogP contribution in [0.2, 0.25) is 0 Å². The first-order valence-corrected chi connectivity index (χ1v) is 9.67. The van der Waals surface area contributed by atoms with E-state index in [1.807, 2.05) is 0 Å². The number of hydrogen-bond donors (Lipinski definition) is 2. The minimum absolute atomic E-state index is 0.392. The molecule has 0 radical (unpaired) electrons. The Hall–Kier alpha value is -1.56. The molecule has 0 spiro atoms. The molecule has 11 heteroatoms. The van der Waals surface area contributed by atoms with Crippen LogP contribution in [0.15, 0.2) is 29.2 Å². The van der Waals surface area contributed by atoms with Crippen molar-refractivity contribution in [1.29, 1.82) is 0 Å². The van der Waals surface area contributed by atoms with Gasteiger partial charge in [0.05, 0.1) is 28.5 Å². The molecule has 128 valence electrons. The Bertz CT molecular complexity index is 804. The Morgan fingerprint density at radius 1 is 1.26 bits per heavy atom. The smallest absolute Gasteiger partial charge is 0.318 e. The van der Waals surface area contributed by atoms with Crippen molar-refractivity contribution >= 4 is 25.8 Å². The summed E-state index contributed by atoms with van der Waals surface area (Å²) in [6, 6.07) is 2.23. The lowest BCUT2D eigenvalue weighted by atomic mass is 10.2. The first kappa shape index (κ1) is 17.8. The molecule has 1 aromatic carbocycles. The SMILES string of the molecule is O=C(O)CN([C@H]1CS(=O)(=O)C[C@@H]1O)S(=O)(=O)c1ccc(F)cc1. The molecule has 23 heavy (non-hydrogen) atoms. The zero-order chi connectivity index (χ0) is 17.4. The Balaban J connectivity index is 2.46. The molecule has 1 aliphatic rings. The van der Waals surface area contributed by atoms with Gasteiger partial charge in [-0.2, -0.15) is 4.31 Å². The number of halogens is 1. The van der Waals surface area contributed by atoms with Crippen molar-refractivity contribution in [3.8, 4) is 0 Å². The third-order valence-corrected chi connectivity index (χ3v) is 6.96. The Morgan fingerprint density at radius 2 is 1.83 bits per heavy atom. The fraction of sp³-hybridized carbons (Fsp3) is 0.417. The number of carboxylic acids is 1. The standard InChI is InChI=1S/C12H14FNO7S2/c13-8-1-3-9(4-2-8)23(20,21)14(5-12(16)17)10-6-22(18,19)7-11(10)15/h1-4,10-11,15H,5-7H2,(H,16,17)/t10-,11-/m0/s1. The fourth-order valence-corrected chi connectivity index (χ4v) is 5.84. The van der Waals surface area contributed by atoms with Crippen LogP contribution < -0.4 is 0 Å². The average molecular weight is 367 g/mol. The molecule has 0 aliphatic carbocycles. The largest absolute Gasteiger partial charge is 0.480 e. The molecule has 2 atom stereocenters. The maximum Gasteiger partial charge on any atom is 0.318 e. The van der Waals surface area contributed by atoms with Crippen LogP contribution in [0.3, 0.4) is 0 Å². The highest BCUT2D eigenvalue weighted by Gasteiger charge is 2.45. The number of hydrogen-bond acceptors (Lipinski definition) is 6. The van der Waals surface area contributed by atoms with E-state index in [0.29, 0.717) is 4.31 Å². The van der Waals surface area contributed by atoms with Gasteiger partial charge in [-0.25, -0.2) is 21.2 Å². The second-order valence-corrected chi connectivity index (χ2v) is 9.15. The van der Waals surface area contributed by atoms with Gasteiger partial charge in [0.15, 0.2) is 9.84 Å². The zero-order valence-electron chi connectivity index (χ0n) is 11.7. The van der Waals surface area contributed by atoms with E-state index < -0.39 is 66.7 Å². The topological polar surface area (TPSA) is 129 Å². The summed E-state index contributed by atoms with van der Waals surface area (Å²) in [5.74, 6) is -3.52. The molecule has 8 nitrogen and oxygen atoms in total. The van der Waals surface area contributed by atoms with Crippen molar-refractivity contribution in [2.24, 2.45) is 0 Å². The van der Waals surface area contributed by atoms with E-state index in [4.69, 9.17) is 5.11 Å². The van der Waals surface area contributed by atoms with Crippen LogP contribution in [0.4, 0.5) is 4.39 Å². The first-order chi connectivity index (χ1) is 10.5. The van der Waals surface area contributed by atoms with Gasteiger partial charge in [0.25, 0.3) is 0 Å². The van der Waals surface area contributed by atoms with Gasteiger partial charge in [-0.3, -0.25) is 4.79 Å². The number of nitrogens with zero attached hydrogens (tertiary/aromatic N) is 1. The zero-order valence-corrected chi connectivity index (χ0v) is 13.3. The maximum absolute atomic E-state index is 12.9. The minimum atomic E-state index is -4.42. The third-order valence-electron chi connectivity index (χ3n) is 3.37. The monoisotopic (exact) mass is 367 g/mol. The summed E-state index contributed by atoms with van der Waals surface area (Å²) in [5.41, 5.74) is 0. The number of aliphatic hydroxyl groups is 1. The van der Waals surface area contributed by atoms with Crippen molar-refractivity contribution in [3.05, 3.63) is 30.1 Å². The van der Waals surface area contributed by atoms with Crippen molar-refractivity contribution in [3.63, 3.8) is 0 Å². The van der Waals surface area contributed by atoms with Crippen LogP contribution in [-0.2, 0) is 24.7 Å². The maximum atomic E-state index is 12.9. The van der Waals surface area contributed by atoms with E-state index in [1.165, 1.54) is 0 Å². The van der Waals surface area contributed by atoms with E-state index in [0.717, 1.165) is 24.3 Å². The van der Waals surface area contributed by atoms with Crippen molar-refractivity contribution < 1.29 is 36.2 Å². The van der Waals surface area contributed by atoms with E-state index in [9.17, 15) is 31.1 Å². The molecule has 0 saturated carbocycles. The summed E-state index contributed by atoms with van der Waals surface area (Å²) in [6.07, 6.45) is -1.53. The quantitative estimate of drug-likeness (QED) is 0.687. The summed E-state index contributed by atoms with van der Waals surface area (Å²) in [4.78, 5) is 10.6. The van der Waals surface area contributed by atoms with Crippen LogP contribution in [0.1, 0.15) is 0 Å². The third kappa shape index (κ3) is 3.86. The van der Waals surface area contributed by atoms with Crippen molar-refractivity contribution in [1.82, 2.24) is 4.31 Å². The lowest BCUT2D eigenvalue weighted by molar-refractivity contribution is -0.137. The number of rotatable bonds is 5. The van der Waals surface area contributed by atoms with Crippen molar-refractivity contribution in [2.45, 2.75) is 17.0 Å². The molecule has 2 rings (SSSR count). The van der Waals surface area contributed by atoms with Crippen LogP contribution in [-0.4, -0.2) is 67.5 Å². The van der Waals surface area contributed by atoms with E-state index in [1.54, 1.807) is 0 Å². The fourth-order valence-electron chi connectivity index (χ4n) is 2.34. The van der Waals surface area contributed by atoms with Crippen molar-refractivity contribution in [2.75, 3.05) is 18.1 Å². The molecule has 0 aromatic heterocycles. The summed E-state index contributed by atoms with van der Waals surface area (Å²) < 4.78 is 61.6. The second-order valence-electron chi connectivity index (χ2n) is 5.11. The molecule has 0 amide bonds. The number of carboxylic acid groups (broad SMARTS) is 1. The van der Waals surface area contributed by atoms with Gasteiger partial charge in [0, 0.05) is 0 Å². The first-order valence-electron chi connectivity index (χ1n) is 6.40. The highest BCUT2D eigenvalue weighted by Crippen LogP contribution is 2.25. The van der Waals surface area contributed by atoms with Crippen LogP contribution >= 0.6 is 0 Å². The molecule has 2 N–H and O–H groups in total. The van der Waals surface area contributed by atoms with Gasteiger partial charge in [-0.15, -0.1) is 0 Å². The van der Waals surface area contributed by atoms with Gasteiger partial charge in [0.2, 0.25) is 10.0 Å². The van der Waals surface area contributed by atoms with Crippen LogP contribution in [0, 0.1) is 5.82 Å². The van der Waals surface area contributed by atoms with Gasteiger partial charge >= 0.3 is 5.97 Å². The summed E-state index contributed by atoms with van der Waals surface area (Å²) in [6.45, 7) is -1.02. The summed E-state index contributed by atoms with van der Waals surface area (Å²) >= 11 is 0. The Labute approximate surface area is 132 Å². The Kier molecular flexibility index (Phi) is 4.76. The number of benzene rings is 1. The minimum Gasteiger partial charge on any atom is -0.480 e. The number of sulfone groups is 1. The number of aliphatic carboxylic acids is 1. The van der Waals surface area contributed by atoms with Gasteiger partial charge in [-0.05, 0) is 24.3 Å². The lowest BCUT2D eigenvalue weighted by Gasteiger charge is -2.27. The van der Waals surface area contributed by atoms with E-state index in [-0.39, 0.29) is 0 Å².